The van der Waals surface area contributed by atoms with E-state index < -0.39 is 0 Å². The van der Waals surface area contributed by atoms with Gasteiger partial charge in [-0.3, -0.25) is 9.69 Å². The lowest BCUT2D eigenvalue weighted by atomic mass is 10.2. The number of phenolic OH excluding ortho intramolecular Hbond substituents is 1. The molecule has 0 atom stereocenters. The third kappa shape index (κ3) is 4.66. The summed E-state index contributed by atoms with van der Waals surface area (Å²) < 4.78 is 0.662. The number of phenols is 1. The maximum Gasteiger partial charge on any atom is 0.231 e. The maximum atomic E-state index is 11.0. The minimum Gasteiger partial charge on any atom is -0.506 e. The Bertz CT molecular complexity index is 410. The number of primary amides is 1. The summed E-state index contributed by atoms with van der Waals surface area (Å²) >= 11 is 3.28. The zero-order chi connectivity index (χ0) is 13.5. The number of aromatic hydroxyl groups is 1. The van der Waals surface area contributed by atoms with E-state index in [0.29, 0.717) is 11.0 Å². The van der Waals surface area contributed by atoms with Crippen molar-refractivity contribution in [3.05, 3.63) is 28.2 Å². The van der Waals surface area contributed by atoms with Gasteiger partial charge in [-0.05, 0) is 35.0 Å². The first-order valence-corrected chi connectivity index (χ1v) is 6.81. The minimum atomic E-state index is -0.347. The summed E-state index contributed by atoms with van der Waals surface area (Å²) in [6.45, 7) is 3.63. The van der Waals surface area contributed by atoms with Gasteiger partial charge in [0.25, 0.3) is 0 Å². The molecule has 0 bridgehead atoms. The number of halogens is 1. The number of hydrogen-bond acceptors (Lipinski definition) is 3. The molecule has 1 aromatic carbocycles. The van der Waals surface area contributed by atoms with E-state index in [-0.39, 0.29) is 18.2 Å². The molecular weight excluding hydrogens is 296 g/mol. The van der Waals surface area contributed by atoms with Crippen LogP contribution in [-0.2, 0) is 11.3 Å². The summed E-state index contributed by atoms with van der Waals surface area (Å²) in [6, 6.07) is 5.49. The number of amides is 1. The number of nitrogens with two attached hydrogens (primary N) is 1. The van der Waals surface area contributed by atoms with Gasteiger partial charge in [-0.2, -0.15) is 0 Å². The molecule has 0 fully saturated rings. The van der Waals surface area contributed by atoms with Crippen LogP contribution in [0.25, 0.3) is 0 Å². The topological polar surface area (TPSA) is 66.6 Å². The van der Waals surface area contributed by atoms with Gasteiger partial charge in [0.15, 0.2) is 0 Å². The molecule has 0 aliphatic heterocycles. The molecule has 0 spiro atoms. The summed E-state index contributed by atoms with van der Waals surface area (Å²) in [6.07, 6.45) is 2.06. The fourth-order valence-electron chi connectivity index (χ4n) is 1.74. The second-order valence-corrected chi connectivity index (χ2v) is 5.13. The van der Waals surface area contributed by atoms with Crippen molar-refractivity contribution in [3.8, 4) is 5.75 Å². The van der Waals surface area contributed by atoms with Crippen molar-refractivity contribution in [1.82, 2.24) is 4.90 Å². The first-order valence-electron chi connectivity index (χ1n) is 6.01. The highest BCUT2D eigenvalue weighted by Crippen LogP contribution is 2.28. The predicted octanol–water partition coefficient (Wildman–Crippen LogP) is 2.24. The molecular formula is C13H19BrN2O2. The van der Waals surface area contributed by atoms with E-state index in [2.05, 4.69) is 22.9 Å². The normalized spacial score (nSPS) is 10.8. The number of carbonyl (C=O) groups is 1. The summed E-state index contributed by atoms with van der Waals surface area (Å²) in [4.78, 5) is 13.0. The minimum absolute atomic E-state index is 0.214. The van der Waals surface area contributed by atoms with Crippen LogP contribution in [0.5, 0.6) is 5.75 Å². The molecule has 4 nitrogen and oxygen atoms in total. The van der Waals surface area contributed by atoms with Crippen LogP contribution in [0, 0.1) is 0 Å². The average Bonchev–Trinajstić information content (AvgIpc) is 2.31. The third-order valence-corrected chi connectivity index (χ3v) is 3.31. The zero-order valence-corrected chi connectivity index (χ0v) is 12.1. The lowest BCUT2D eigenvalue weighted by molar-refractivity contribution is -0.119. The molecule has 0 heterocycles. The summed E-state index contributed by atoms with van der Waals surface area (Å²) in [5.41, 5.74) is 6.03. The Morgan fingerprint density at radius 1 is 1.50 bits per heavy atom. The quantitative estimate of drug-likeness (QED) is 0.811. The van der Waals surface area contributed by atoms with Crippen LogP contribution in [0.4, 0.5) is 0 Å². The Morgan fingerprint density at radius 2 is 2.22 bits per heavy atom. The highest BCUT2D eigenvalue weighted by molar-refractivity contribution is 9.10. The van der Waals surface area contributed by atoms with Crippen LogP contribution >= 0.6 is 15.9 Å². The average molecular weight is 315 g/mol. The van der Waals surface area contributed by atoms with Crippen LogP contribution in [0.2, 0.25) is 0 Å². The van der Waals surface area contributed by atoms with E-state index in [0.717, 1.165) is 24.9 Å². The van der Waals surface area contributed by atoms with Crippen molar-refractivity contribution in [2.45, 2.75) is 26.3 Å². The molecule has 1 rings (SSSR count). The van der Waals surface area contributed by atoms with Gasteiger partial charge in [-0.1, -0.05) is 25.5 Å². The number of hydrogen-bond donors (Lipinski definition) is 2. The Balaban J connectivity index is 2.75. The van der Waals surface area contributed by atoms with Crippen molar-refractivity contribution >= 4 is 21.8 Å². The van der Waals surface area contributed by atoms with Crippen LogP contribution in [-0.4, -0.2) is 29.0 Å². The standard InChI is InChI=1S/C13H19BrN2O2/c1-2-3-7-16(9-12(15)17)8-10-5-4-6-11(14)13(10)18/h4-6,18H,2-3,7-9H2,1H3,(H2,15,17). The maximum absolute atomic E-state index is 11.0. The van der Waals surface area contributed by atoms with Gasteiger partial charge in [0.1, 0.15) is 5.75 Å². The Kier molecular flexibility index (Phi) is 6.15. The second kappa shape index (κ2) is 7.38. The summed E-state index contributed by atoms with van der Waals surface area (Å²) in [5, 5.41) is 9.92. The third-order valence-electron chi connectivity index (χ3n) is 2.67. The predicted molar refractivity (Wildman–Crippen MR) is 75.2 cm³/mol. The monoisotopic (exact) mass is 314 g/mol. The smallest absolute Gasteiger partial charge is 0.231 e. The van der Waals surface area contributed by atoms with Crippen LogP contribution in [0.1, 0.15) is 25.3 Å². The molecule has 1 aromatic rings. The molecule has 18 heavy (non-hydrogen) atoms. The van der Waals surface area contributed by atoms with Crippen molar-refractivity contribution in [1.29, 1.82) is 0 Å². The Labute approximate surface area is 116 Å². The SMILES string of the molecule is CCCCN(CC(N)=O)Cc1cccc(Br)c1O. The van der Waals surface area contributed by atoms with Gasteiger partial charge in [-0.25, -0.2) is 0 Å². The number of carbonyl (C=O) groups excluding carboxylic acids is 1. The van der Waals surface area contributed by atoms with E-state index in [1.54, 1.807) is 6.07 Å². The molecule has 1 amide bonds. The molecule has 0 saturated heterocycles. The van der Waals surface area contributed by atoms with Gasteiger partial charge in [-0.15, -0.1) is 0 Å². The van der Waals surface area contributed by atoms with Gasteiger partial charge >= 0.3 is 0 Å². The molecule has 0 aromatic heterocycles. The van der Waals surface area contributed by atoms with E-state index in [1.807, 2.05) is 17.0 Å². The number of nitrogens with zero attached hydrogens (tertiary/aromatic N) is 1. The lowest BCUT2D eigenvalue weighted by Crippen LogP contribution is -2.34. The summed E-state index contributed by atoms with van der Waals surface area (Å²) in [5.74, 6) is -0.121. The number of unbranched alkanes of at least 4 members (excludes halogenated alkanes) is 1. The molecule has 0 saturated carbocycles. The van der Waals surface area contributed by atoms with Crippen LogP contribution in [0.15, 0.2) is 22.7 Å². The number of rotatable bonds is 7. The van der Waals surface area contributed by atoms with Gasteiger partial charge < -0.3 is 10.8 Å². The largest absolute Gasteiger partial charge is 0.506 e. The lowest BCUT2D eigenvalue weighted by Gasteiger charge is -2.21. The zero-order valence-electron chi connectivity index (χ0n) is 10.5. The van der Waals surface area contributed by atoms with E-state index >= 15 is 0 Å². The summed E-state index contributed by atoms with van der Waals surface area (Å²) in [7, 11) is 0. The number of benzene rings is 1. The first kappa shape index (κ1) is 15.0. The molecule has 3 N–H and O–H groups in total. The van der Waals surface area contributed by atoms with Crippen molar-refractivity contribution in [2.24, 2.45) is 5.73 Å². The highest BCUT2D eigenvalue weighted by Gasteiger charge is 2.12. The van der Waals surface area contributed by atoms with Gasteiger partial charge in [0.05, 0.1) is 11.0 Å². The Hall–Kier alpha value is -1.07. The highest BCUT2D eigenvalue weighted by atomic mass is 79.9. The molecule has 0 aliphatic rings. The molecule has 100 valence electrons. The van der Waals surface area contributed by atoms with Crippen LogP contribution in [0.3, 0.4) is 0 Å². The first-order chi connectivity index (χ1) is 8.54. The van der Waals surface area contributed by atoms with Gasteiger partial charge in [0, 0.05) is 12.1 Å². The molecule has 0 unspecified atom stereocenters. The van der Waals surface area contributed by atoms with Crippen LogP contribution < -0.4 is 5.73 Å². The van der Waals surface area contributed by atoms with Gasteiger partial charge in [0.2, 0.25) is 5.91 Å². The van der Waals surface area contributed by atoms with E-state index in [9.17, 15) is 9.90 Å². The van der Waals surface area contributed by atoms with Crippen molar-refractivity contribution < 1.29 is 9.90 Å². The van der Waals surface area contributed by atoms with E-state index in [1.165, 1.54) is 0 Å². The van der Waals surface area contributed by atoms with Crippen molar-refractivity contribution in [2.75, 3.05) is 13.1 Å². The molecule has 5 heteroatoms. The second-order valence-electron chi connectivity index (χ2n) is 4.28. The van der Waals surface area contributed by atoms with E-state index in [4.69, 9.17) is 5.73 Å². The molecule has 0 aliphatic carbocycles. The fraction of sp³-hybridized carbons (Fsp3) is 0.462. The van der Waals surface area contributed by atoms with Crippen molar-refractivity contribution in [3.63, 3.8) is 0 Å². The molecule has 0 radical (unpaired) electrons. The Morgan fingerprint density at radius 3 is 2.83 bits per heavy atom. The fourth-order valence-corrected chi connectivity index (χ4v) is 2.15. The number of para-hydroxylation sites is 1.